The van der Waals surface area contributed by atoms with Gasteiger partial charge in [0.25, 0.3) is 0 Å². The molecular formula is C11H10ClN. The number of rotatable bonds is 1. The van der Waals surface area contributed by atoms with Gasteiger partial charge in [-0.2, -0.15) is 5.26 Å². The van der Waals surface area contributed by atoms with Crippen molar-refractivity contribution in [2.75, 3.05) is 0 Å². The van der Waals surface area contributed by atoms with Crippen molar-refractivity contribution in [2.45, 2.75) is 18.8 Å². The first kappa shape index (κ1) is 8.59. The molecule has 2 unspecified atom stereocenters. The number of nitrogens with zero attached hydrogens (tertiary/aromatic N) is 1. The maximum Gasteiger partial charge on any atom is 0.0866 e. The molecule has 0 N–H and O–H groups in total. The summed E-state index contributed by atoms with van der Waals surface area (Å²) in [6.45, 7) is 2.09. The monoisotopic (exact) mass is 191 g/mol. The molecule has 1 aliphatic carbocycles. The zero-order valence-corrected chi connectivity index (χ0v) is 8.17. The van der Waals surface area contributed by atoms with E-state index in [-0.39, 0.29) is 5.41 Å². The smallest absolute Gasteiger partial charge is 0.0866 e. The van der Waals surface area contributed by atoms with Gasteiger partial charge in [0.05, 0.1) is 11.5 Å². The lowest BCUT2D eigenvalue weighted by molar-refractivity contribution is 0.792. The average molecular weight is 192 g/mol. The van der Waals surface area contributed by atoms with Gasteiger partial charge in [-0.25, -0.2) is 0 Å². The molecule has 0 heterocycles. The van der Waals surface area contributed by atoms with Crippen LogP contribution in [0.4, 0.5) is 0 Å². The van der Waals surface area contributed by atoms with E-state index in [9.17, 15) is 0 Å². The summed E-state index contributed by atoms with van der Waals surface area (Å²) in [5, 5.41) is 9.81. The van der Waals surface area contributed by atoms with Crippen LogP contribution in [0, 0.1) is 17.2 Å². The molecule has 2 rings (SSSR count). The summed E-state index contributed by atoms with van der Waals surface area (Å²) < 4.78 is 0. The summed E-state index contributed by atoms with van der Waals surface area (Å²) in [4.78, 5) is 0. The van der Waals surface area contributed by atoms with E-state index >= 15 is 0 Å². The van der Waals surface area contributed by atoms with Gasteiger partial charge in [-0.1, -0.05) is 36.7 Å². The summed E-state index contributed by atoms with van der Waals surface area (Å²) in [7, 11) is 0. The Kier molecular flexibility index (Phi) is 1.82. The average Bonchev–Trinajstić information content (AvgIpc) is 2.79. The molecule has 0 saturated heterocycles. The van der Waals surface area contributed by atoms with Crippen LogP contribution in [0.25, 0.3) is 0 Å². The number of nitriles is 1. The molecule has 1 aromatic rings. The van der Waals surface area contributed by atoms with Crippen molar-refractivity contribution < 1.29 is 0 Å². The van der Waals surface area contributed by atoms with E-state index in [1.165, 1.54) is 0 Å². The van der Waals surface area contributed by atoms with Gasteiger partial charge in [-0.15, -0.1) is 0 Å². The van der Waals surface area contributed by atoms with Crippen LogP contribution in [0.5, 0.6) is 0 Å². The molecule has 0 radical (unpaired) electrons. The van der Waals surface area contributed by atoms with Gasteiger partial charge in [0.1, 0.15) is 0 Å². The van der Waals surface area contributed by atoms with E-state index in [1.54, 1.807) is 0 Å². The van der Waals surface area contributed by atoms with Gasteiger partial charge in [0.15, 0.2) is 0 Å². The highest BCUT2D eigenvalue weighted by Crippen LogP contribution is 2.55. The van der Waals surface area contributed by atoms with E-state index in [2.05, 4.69) is 13.0 Å². The second-order valence-electron chi connectivity index (χ2n) is 3.67. The summed E-state index contributed by atoms with van der Waals surface area (Å²) >= 11 is 6.04. The highest BCUT2D eigenvalue weighted by atomic mass is 35.5. The topological polar surface area (TPSA) is 23.8 Å². The predicted molar refractivity (Wildman–Crippen MR) is 52.5 cm³/mol. The first-order chi connectivity index (χ1) is 6.20. The van der Waals surface area contributed by atoms with Gasteiger partial charge < -0.3 is 0 Å². The van der Waals surface area contributed by atoms with Gasteiger partial charge in [0, 0.05) is 5.02 Å². The molecule has 0 aliphatic heterocycles. The van der Waals surface area contributed by atoms with Crippen molar-refractivity contribution in [3.8, 4) is 6.07 Å². The van der Waals surface area contributed by atoms with Crippen molar-refractivity contribution in [3.05, 3.63) is 34.9 Å². The third kappa shape index (κ3) is 1.14. The highest BCUT2D eigenvalue weighted by Gasteiger charge is 2.54. The van der Waals surface area contributed by atoms with Gasteiger partial charge in [-0.05, 0) is 24.0 Å². The third-order valence-electron chi connectivity index (χ3n) is 2.86. The van der Waals surface area contributed by atoms with Crippen LogP contribution in [0.1, 0.15) is 18.9 Å². The number of hydrogen-bond acceptors (Lipinski definition) is 1. The predicted octanol–water partition coefficient (Wildman–Crippen LogP) is 3.14. The second kappa shape index (κ2) is 2.75. The highest BCUT2D eigenvalue weighted by molar-refractivity contribution is 6.31. The van der Waals surface area contributed by atoms with E-state index < -0.39 is 0 Å². The van der Waals surface area contributed by atoms with Crippen molar-refractivity contribution in [2.24, 2.45) is 5.92 Å². The van der Waals surface area contributed by atoms with Crippen molar-refractivity contribution in [1.82, 2.24) is 0 Å². The zero-order valence-electron chi connectivity index (χ0n) is 7.42. The molecule has 1 saturated carbocycles. The van der Waals surface area contributed by atoms with Crippen LogP contribution < -0.4 is 0 Å². The molecule has 1 aliphatic rings. The molecular weight excluding hydrogens is 182 g/mol. The number of halogens is 1. The van der Waals surface area contributed by atoms with Crippen LogP contribution in [0.15, 0.2) is 24.3 Å². The lowest BCUT2D eigenvalue weighted by Crippen LogP contribution is -2.06. The molecule has 0 amide bonds. The fraction of sp³-hybridized carbons (Fsp3) is 0.364. The van der Waals surface area contributed by atoms with Gasteiger partial charge in [-0.3, -0.25) is 0 Å². The minimum atomic E-state index is -0.293. The Labute approximate surface area is 82.9 Å². The molecule has 13 heavy (non-hydrogen) atoms. The van der Waals surface area contributed by atoms with Gasteiger partial charge in [0.2, 0.25) is 0 Å². The minimum Gasteiger partial charge on any atom is -0.197 e. The lowest BCUT2D eigenvalue weighted by Gasteiger charge is -2.08. The third-order valence-corrected chi connectivity index (χ3v) is 3.19. The molecule has 2 heteroatoms. The van der Waals surface area contributed by atoms with Gasteiger partial charge >= 0.3 is 0 Å². The Morgan fingerprint density at radius 3 is 2.62 bits per heavy atom. The van der Waals surface area contributed by atoms with Crippen LogP contribution in [0.2, 0.25) is 5.02 Å². The SMILES string of the molecule is CC1CC1(C#N)c1ccccc1Cl. The molecule has 0 bridgehead atoms. The Hall–Kier alpha value is -1.00. The molecule has 1 nitrogen and oxygen atoms in total. The fourth-order valence-corrected chi connectivity index (χ4v) is 2.14. The molecule has 1 fully saturated rings. The molecule has 2 atom stereocenters. The molecule has 1 aromatic carbocycles. The largest absolute Gasteiger partial charge is 0.197 e. The first-order valence-corrected chi connectivity index (χ1v) is 4.75. The van der Waals surface area contributed by atoms with E-state index in [4.69, 9.17) is 16.9 Å². The van der Waals surface area contributed by atoms with Crippen LogP contribution >= 0.6 is 11.6 Å². The summed E-state index contributed by atoms with van der Waals surface area (Å²) in [5.41, 5.74) is 0.699. The quantitative estimate of drug-likeness (QED) is 0.669. The molecule has 0 aromatic heterocycles. The van der Waals surface area contributed by atoms with Crippen molar-refractivity contribution in [1.29, 1.82) is 5.26 Å². The Morgan fingerprint density at radius 1 is 1.54 bits per heavy atom. The van der Waals surface area contributed by atoms with E-state index in [0.717, 1.165) is 12.0 Å². The maximum atomic E-state index is 9.10. The van der Waals surface area contributed by atoms with Crippen LogP contribution in [-0.4, -0.2) is 0 Å². The Bertz CT molecular complexity index is 380. The molecule has 0 spiro atoms. The lowest BCUT2D eigenvalue weighted by atomic mass is 9.95. The zero-order chi connectivity index (χ0) is 9.47. The number of hydrogen-bond donors (Lipinski definition) is 0. The van der Waals surface area contributed by atoms with Crippen molar-refractivity contribution in [3.63, 3.8) is 0 Å². The minimum absolute atomic E-state index is 0.293. The second-order valence-corrected chi connectivity index (χ2v) is 4.08. The molecule has 66 valence electrons. The van der Waals surface area contributed by atoms with E-state index in [1.807, 2.05) is 24.3 Å². The summed E-state index contributed by atoms with van der Waals surface area (Å²) in [6.07, 6.45) is 0.938. The van der Waals surface area contributed by atoms with Crippen LogP contribution in [-0.2, 0) is 5.41 Å². The Balaban J connectivity index is 2.48. The first-order valence-electron chi connectivity index (χ1n) is 4.37. The normalized spacial score (nSPS) is 31.0. The Morgan fingerprint density at radius 2 is 2.15 bits per heavy atom. The van der Waals surface area contributed by atoms with Crippen molar-refractivity contribution >= 4 is 11.6 Å². The summed E-state index contributed by atoms with van der Waals surface area (Å²) in [5.74, 6) is 0.442. The fourth-order valence-electron chi connectivity index (χ4n) is 1.84. The van der Waals surface area contributed by atoms with Crippen LogP contribution in [0.3, 0.4) is 0 Å². The standard InChI is InChI=1S/C11H10ClN/c1-8-6-11(8,7-13)9-4-2-3-5-10(9)12/h2-5,8H,6H2,1H3. The number of benzene rings is 1. The maximum absolute atomic E-state index is 9.10. The van der Waals surface area contributed by atoms with E-state index in [0.29, 0.717) is 10.9 Å². The summed E-state index contributed by atoms with van der Waals surface area (Å²) in [6, 6.07) is 10.0.